The van der Waals surface area contributed by atoms with Crippen molar-refractivity contribution in [3.05, 3.63) is 46.8 Å². The molecule has 0 aliphatic heterocycles. The van der Waals surface area contributed by atoms with E-state index in [2.05, 4.69) is 15.8 Å². The van der Waals surface area contributed by atoms with Crippen molar-refractivity contribution in [3.63, 3.8) is 0 Å². The molecule has 2 saturated carbocycles. The number of rotatable bonds is 6. The SMILES string of the molecule is Cc1cc(C(=O)NCC2CCCCC2)ccc1NC(=O)c1cc(C2CC2)on1. The van der Waals surface area contributed by atoms with Gasteiger partial charge in [-0.15, -0.1) is 0 Å². The number of hydrogen-bond donors (Lipinski definition) is 2. The van der Waals surface area contributed by atoms with Crippen molar-refractivity contribution >= 4 is 17.5 Å². The van der Waals surface area contributed by atoms with Crippen LogP contribution in [0.2, 0.25) is 0 Å². The van der Waals surface area contributed by atoms with Crippen LogP contribution in [-0.2, 0) is 0 Å². The first-order valence-electron chi connectivity index (χ1n) is 10.3. The summed E-state index contributed by atoms with van der Waals surface area (Å²) in [4.78, 5) is 24.9. The fourth-order valence-electron chi connectivity index (χ4n) is 3.82. The molecular weight excluding hydrogens is 354 g/mol. The molecular formula is C22H27N3O3. The Morgan fingerprint density at radius 2 is 1.86 bits per heavy atom. The molecule has 2 fully saturated rings. The van der Waals surface area contributed by atoms with Gasteiger partial charge in [-0.3, -0.25) is 9.59 Å². The second-order valence-corrected chi connectivity index (χ2v) is 8.09. The summed E-state index contributed by atoms with van der Waals surface area (Å²) in [5.41, 5.74) is 2.41. The van der Waals surface area contributed by atoms with E-state index in [1.165, 1.54) is 32.1 Å². The van der Waals surface area contributed by atoms with Gasteiger partial charge in [0, 0.05) is 29.8 Å². The number of aryl methyl sites for hydroxylation is 1. The number of carbonyl (C=O) groups is 2. The molecule has 1 aromatic carbocycles. The summed E-state index contributed by atoms with van der Waals surface area (Å²) in [6.45, 7) is 2.62. The van der Waals surface area contributed by atoms with Crippen molar-refractivity contribution in [1.29, 1.82) is 0 Å². The highest BCUT2D eigenvalue weighted by Gasteiger charge is 2.29. The average Bonchev–Trinajstić information content (AvgIpc) is 3.44. The number of nitrogens with zero attached hydrogens (tertiary/aromatic N) is 1. The molecule has 0 radical (unpaired) electrons. The van der Waals surface area contributed by atoms with Gasteiger partial charge in [-0.25, -0.2) is 0 Å². The van der Waals surface area contributed by atoms with E-state index in [1.807, 2.05) is 13.0 Å². The molecule has 148 valence electrons. The normalized spacial score (nSPS) is 17.3. The average molecular weight is 381 g/mol. The number of carbonyl (C=O) groups excluding carboxylic acids is 2. The van der Waals surface area contributed by atoms with Crippen LogP contribution in [-0.4, -0.2) is 23.5 Å². The Hall–Kier alpha value is -2.63. The predicted octanol–water partition coefficient (Wildman–Crippen LogP) is 4.42. The number of aromatic nitrogens is 1. The summed E-state index contributed by atoms with van der Waals surface area (Å²) >= 11 is 0. The smallest absolute Gasteiger partial charge is 0.277 e. The van der Waals surface area contributed by atoms with Gasteiger partial charge in [0.25, 0.3) is 11.8 Å². The summed E-state index contributed by atoms with van der Waals surface area (Å²) in [5.74, 6) is 1.44. The minimum atomic E-state index is -0.298. The van der Waals surface area contributed by atoms with E-state index in [9.17, 15) is 9.59 Å². The molecule has 2 aromatic rings. The molecule has 0 spiro atoms. The third-order valence-corrected chi connectivity index (χ3v) is 5.75. The lowest BCUT2D eigenvalue weighted by Crippen LogP contribution is -2.30. The Morgan fingerprint density at radius 3 is 2.57 bits per heavy atom. The summed E-state index contributed by atoms with van der Waals surface area (Å²) in [6.07, 6.45) is 8.44. The summed E-state index contributed by atoms with van der Waals surface area (Å²) in [5, 5.41) is 9.77. The van der Waals surface area contributed by atoms with Crippen LogP contribution < -0.4 is 10.6 Å². The highest BCUT2D eigenvalue weighted by molar-refractivity contribution is 6.03. The number of hydrogen-bond acceptors (Lipinski definition) is 4. The van der Waals surface area contributed by atoms with Gasteiger partial charge in [0.15, 0.2) is 5.69 Å². The van der Waals surface area contributed by atoms with Crippen molar-refractivity contribution in [2.24, 2.45) is 5.92 Å². The van der Waals surface area contributed by atoms with E-state index in [1.54, 1.807) is 18.2 Å². The number of amides is 2. The Labute approximate surface area is 165 Å². The van der Waals surface area contributed by atoms with Crippen LogP contribution >= 0.6 is 0 Å². The topological polar surface area (TPSA) is 84.2 Å². The Bertz CT molecular complexity index is 864. The standard InChI is InChI=1S/C22H27N3O3/c1-14-11-17(21(26)23-13-15-5-3-2-4-6-15)9-10-18(14)24-22(27)19-12-20(28-25-19)16-7-8-16/h9-12,15-16H,2-8,13H2,1H3,(H,23,26)(H,24,27). The summed E-state index contributed by atoms with van der Waals surface area (Å²) in [6, 6.07) is 7.04. The van der Waals surface area contributed by atoms with Crippen LogP contribution in [0.4, 0.5) is 5.69 Å². The maximum Gasteiger partial charge on any atom is 0.277 e. The van der Waals surface area contributed by atoms with Crippen LogP contribution in [0.15, 0.2) is 28.8 Å². The zero-order chi connectivity index (χ0) is 19.5. The third-order valence-electron chi connectivity index (χ3n) is 5.75. The van der Waals surface area contributed by atoms with E-state index in [0.717, 1.165) is 30.7 Å². The molecule has 2 N–H and O–H groups in total. The monoisotopic (exact) mass is 381 g/mol. The van der Waals surface area contributed by atoms with E-state index >= 15 is 0 Å². The predicted molar refractivity (Wildman–Crippen MR) is 107 cm³/mol. The van der Waals surface area contributed by atoms with Gasteiger partial charge < -0.3 is 15.2 Å². The quantitative estimate of drug-likeness (QED) is 0.776. The van der Waals surface area contributed by atoms with Crippen molar-refractivity contribution in [2.45, 2.75) is 57.8 Å². The number of anilines is 1. The molecule has 2 aliphatic rings. The minimum Gasteiger partial charge on any atom is -0.360 e. The molecule has 0 unspecified atom stereocenters. The third kappa shape index (κ3) is 4.43. The van der Waals surface area contributed by atoms with Gasteiger partial charge in [-0.1, -0.05) is 24.4 Å². The Kier molecular flexibility index (Phi) is 5.46. The van der Waals surface area contributed by atoms with Gasteiger partial charge in [0.05, 0.1) is 0 Å². The first-order valence-corrected chi connectivity index (χ1v) is 10.3. The lowest BCUT2D eigenvalue weighted by Gasteiger charge is -2.21. The Morgan fingerprint density at radius 1 is 1.07 bits per heavy atom. The van der Waals surface area contributed by atoms with Gasteiger partial charge in [0.1, 0.15) is 5.76 Å². The van der Waals surface area contributed by atoms with Crippen LogP contribution in [0, 0.1) is 12.8 Å². The first-order chi connectivity index (χ1) is 13.6. The zero-order valence-corrected chi connectivity index (χ0v) is 16.3. The zero-order valence-electron chi connectivity index (χ0n) is 16.3. The van der Waals surface area contributed by atoms with Crippen LogP contribution in [0.1, 0.15) is 83.0 Å². The van der Waals surface area contributed by atoms with Gasteiger partial charge in [0.2, 0.25) is 0 Å². The summed E-state index contributed by atoms with van der Waals surface area (Å²) < 4.78 is 5.24. The second kappa shape index (κ2) is 8.17. The number of nitrogens with one attached hydrogen (secondary N) is 2. The van der Waals surface area contributed by atoms with Crippen LogP contribution in [0.25, 0.3) is 0 Å². The highest BCUT2D eigenvalue weighted by atomic mass is 16.5. The highest BCUT2D eigenvalue weighted by Crippen LogP contribution is 2.40. The van der Waals surface area contributed by atoms with E-state index in [-0.39, 0.29) is 17.5 Å². The lowest BCUT2D eigenvalue weighted by atomic mass is 9.89. The lowest BCUT2D eigenvalue weighted by molar-refractivity contribution is 0.0943. The van der Waals surface area contributed by atoms with Gasteiger partial charge >= 0.3 is 0 Å². The molecule has 0 bridgehead atoms. The summed E-state index contributed by atoms with van der Waals surface area (Å²) in [7, 11) is 0. The molecule has 0 atom stereocenters. The van der Waals surface area contributed by atoms with E-state index in [0.29, 0.717) is 23.1 Å². The van der Waals surface area contributed by atoms with Crippen molar-refractivity contribution in [2.75, 3.05) is 11.9 Å². The second-order valence-electron chi connectivity index (χ2n) is 8.09. The van der Waals surface area contributed by atoms with Crippen LogP contribution in [0.3, 0.4) is 0 Å². The van der Waals surface area contributed by atoms with Crippen LogP contribution in [0.5, 0.6) is 0 Å². The molecule has 1 aromatic heterocycles. The molecule has 1 heterocycles. The van der Waals surface area contributed by atoms with E-state index < -0.39 is 0 Å². The van der Waals surface area contributed by atoms with E-state index in [4.69, 9.17) is 4.52 Å². The Balaban J connectivity index is 1.35. The van der Waals surface area contributed by atoms with Gasteiger partial charge in [-0.05, 0) is 62.3 Å². The molecule has 4 rings (SSSR count). The maximum atomic E-state index is 12.4. The molecule has 28 heavy (non-hydrogen) atoms. The molecule has 2 amide bonds. The van der Waals surface area contributed by atoms with Crippen molar-refractivity contribution in [3.8, 4) is 0 Å². The molecule has 2 aliphatic carbocycles. The maximum absolute atomic E-state index is 12.4. The molecule has 6 heteroatoms. The molecule has 6 nitrogen and oxygen atoms in total. The first kappa shape index (κ1) is 18.7. The minimum absolute atomic E-state index is 0.0582. The fourth-order valence-corrected chi connectivity index (χ4v) is 3.82. The largest absolute Gasteiger partial charge is 0.360 e. The fraction of sp³-hybridized carbons (Fsp3) is 0.500. The molecule has 0 saturated heterocycles. The van der Waals surface area contributed by atoms with Crippen molar-refractivity contribution in [1.82, 2.24) is 10.5 Å². The van der Waals surface area contributed by atoms with Gasteiger partial charge in [-0.2, -0.15) is 0 Å². The van der Waals surface area contributed by atoms with Crippen molar-refractivity contribution < 1.29 is 14.1 Å². The number of benzene rings is 1.